The molecule has 2 N–H and O–H groups in total. The fourth-order valence-electron chi connectivity index (χ4n) is 1.63. The summed E-state index contributed by atoms with van der Waals surface area (Å²) in [5, 5.41) is 5.63. The standard InChI is InChI=1S/C14H26N2O3/c1-5-12(17)11(4)16-14(19)8-7-10(3)13(18)9-15-6-2/h10-11,15H,5-9H2,1-4H3,(H,16,19)/t10?,11-/m0/s1. The van der Waals surface area contributed by atoms with Crippen molar-refractivity contribution in [2.75, 3.05) is 13.1 Å². The van der Waals surface area contributed by atoms with Gasteiger partial charge >= 0.3 is 0 Å². The largest absolute Gasteiger partial charge is 0.347 e. The molecule has 0 aromatic rings. The molecule has 1 unspecified atom stereocenters. The molecule has 0 bridgehead atoms. The van der Waals surface area contributed by atoms with Gasteiger partial charge in [0, 0.05) is 18.8 Å². The maximum Gasteiger partial charge on any atom is 0.220 e. The molecule has 5 nitrogen and oxygen atoms in total. The Labute approximate surface area is 115 Å². The van der Waals surface area contributed by atoms with E-state index >= 15 is 0 Å². The van der Waals surface area contributed by atoms with Gasteiger partial charge in [0.25, 0.3) is 0 Å². The van der Waals surface area contributed by atoms with E-state index in [9.17, 15) is 14.4 Å². The van der Waals surface area contributed by atoms with Crippen molar-refractivity contribution in [1.82, 2.24) is 10.6 Å². The van der Waals surface area contributed by atoms with Gasteiger partial charge in [0.05, 0.1) is 12.6 Å². The number of carbonyl (C=O) groups is 3. The van der Waals surface area contributed by atoms with Crippen LogP contribution in [0.15, 0.2) is 0 Å². The average molecular weight is 270 g/mol. The molecule has 0 aliphatic rings. The van der Waals surface area contributed by atoms with Crippen molar-refractivity contribution in [3.05, 3.63) is 0 Å². The first-order chi connectivity index (χ1) is 8.92. The van der Waals surface area contributed by atoms with Crippen molar-refractivity contribution in [2.45, 2.75) is 53.0 Å². The van der Waals surface area contributed by atoms with Gasteiger partial charge in [0.15, 0.2) is 5.78 Å². The highest BCUT2D eigenvalue weighted by Gasteiger charge is 2.16. The van der Waals surface area contributed by atoms with Crippen LogP contribution in [0.5, 0.6) is 0 Å². The number of likely N-dealkylation sites (N-methyl/N-ethyl adjacent to an activating group) is 1. The third kappa shape index (κ3) is 7.72. The molecule has 110 valence electrons. The van der Waals surface area contributed by atoms with Crippen LogP contribution in [0.1, 0.15) is 47.0 Å². The first-order valence-corrected chi connectivity index (χ1v) is 6.97. The average Bonchev–Trinajstić information content (AvgIpc) is 2.40. The van der Waals surface area contributed by atoms with E-state index in [-0.39, 0.29) is 29.8 Å². The van der Waals surface area contributed by atoms with Crippen LogP contribution in [0, 0.1) is 5.92 Å². The summed E-state index contributed by atoms with van der Waals surface area (Å²) < 4.78 is 0. The zero-order chi connectivity index (χ0) is 14.8. The van der Waals surface area contributed by atoms with Gasteiger partial charge in [-0.05, 0) is 19.9 Å². The Balaban J connectivity index is 3.95. The van der Waals surface area contributed by atoms with Crippen LogP contribution in [-0.4, -0.2) is 36.6 Å². The second-order valence-electron chi connectivity index (χ2n) is 4.80. The number of rotatable bonds is 10. The molecule has 2 atom stereocenters. The predicted molar refractivity (Wildman–Crippen MR) is 74.9 cm³/mol. The third-order valence-electron chi connectivity index (χ3n) is 3.11. The van der Waals surface area contributed by atoms with Gasteiger partial charge in [0.1, 0.15) is 5.78 Å². The molecule has 0 saturated heterocycles. The first kappa shape index (κ1) is 17.8. The number of Topliss-reactive ketones (excluding diaryl/α,β-unsaturated/α-hetero) is 2. The quantitative estimate of drug-likeness (QED) is 0.622. The van der Waals surface area contributed by atoms with Crippen molar-refractivity contribution < 1.29 is 14.4 Å². The lowest BCUT2D eigenvalue weighted by molar-refractivity contribution is -0.128. The van der Waals surface area contributed by atoms with E-state index in [0.29, 0.717) is 19.4 Å². The molecule has 0 aliphatic carbocycles. The topological polar surface area (TPSA) is 75.3 Å². The Kier molecular flexibility index (Phi) is 9.04. The molecule has 0 aromatic heterocycles. The molecular formula is C14H26N2O3. The molecule has 0 rings (SSSR count). The minimum atomic E-state index is -0.440. The monoisotopic (exact) mass is 270 g/mol. The van der Waals surface area contributed by atoms with Gasteiger partial charge < -0.3 is 10.6 Å². The minimum absolute atomic E-state index is 0.0182. The van der Waals surface area contributed by atoms with E-state index in [1.807, 2.05) is 13.8 Å². The minimum Gasteiger partial charge on any atom is -0.347 e. The van der Waals surface area contributed by atoms with Crippen LogP contribution in [0.2, 0.25) is 0 Å². The molecule has 1 amide bonds. The second-order valence-corrected chi connectivity index (χ2v) is 4.80. The van der Waals surface area contributed by atoms with E-state index in [0.717, 1.165) is 6.54 Å². The van der Waals surface area contributed by atoms with Gasteiger partial charge in [-0.3, -0.25) is 14.4 Å². The van der Waals surface area contributed by atoms with Gasteiger partial charge in [-0.1, -0.05) is 20.8 Å². The van der Waals surface area contributed by atoms with Gasteiger partial charge in [0.2, 0.25) is 5.91 Å². The van der Waals surface area contributed by atoms with Crippen molar-refractivity contribution in [3.63, 3.8) is 0 Å². The summed E-state index contributed by atoms with van der Waals surface area (Å²) in [4.78, 5) is 34.6. The predicted octanol–water partition coefficient (Wildman–Crippen LogP) is 1.07. The molecule has 0 heterocycles. The summed E-state index contributed by atoms with van der Waals surface area (Å²) in [7, 11) is 0. The lowest BCUT2D eigenvalue weighted by atomic mass is 10.00. The van der Waals surface area contributed by atoms with Gasteiger partial charge in [-0.15, -0.1) is 0 Å². The van der Waals surface area contributed by atoms with Crippen molar-refractivity contribution in [2.24, 2.45) is 5.92 Å². The lowest BCUT2D eigenvalue weighted by Gasteiger charge is -2.13. The summed E-state index contributed by atoms with van der Waals surface area (Å²) in [5.41, 5.74) is 0. The molecule has 0 spiro atoms. The SMILES string of the molecule is CCNCC(=O)C(C)CCC(=O)N[C@@H](C)C(=O)CC. The van der Waals surface area contributed by atoms with Crippen molar-refractivity contribution >= 4 is 17.5 Å². The lowest BCUT2D eigenvalue weighted by Crippen LogP contribution is -2.38. The normalized spacial score (nSPS) is 13.7. The van der Waals surface area contributed by atoms with E-state index in [4.69, 9.17) is 0 Å². The first-order valence-electron chi connectivity index (χ1n) is 6.97. The highest BCUT2D eigenvalue weighted by molar-refractivity contribution is 5.88. The summed E-state index contributed by atoms with van der Waals surface area (Å²) in [5.74, 6) is -0.170. The third-order valence-corrected chi connectivity index (χ3v) is 3.11. The molecule has 0 fully saturated rings. The number of hydrogen-bond acceptors (Lipinski definition) is 4. The molecule has 19 heavy (non-hydrogen) atoms. The zero-order valence-electron chi connectivity index (χ0n) is 12.4. The number of hydrogen-bond donors (Lipinski definition) is 2. The Morgan fingerprint density at radius 3 is 2.21 bits per heavy atom. The number of amides is 1. The molecular weight excluding hydrogens is 244 g/mol. The zero-order valence-corrected chi connectivity index (χ0v) is 12.4. The second kappa shape index (κ2) is 9.67. The molecule has 0 aliphatic heterocycles. The summed E-state index contributed by atoms with van der Waals surface area (Å²) >= 11 is 0. The van der Waals surface area contributed by atoms with Crippen LogP contribution in [-0.2, 0) is 14.4 Å². The number of carbonyl (C=O) groups excluding carboxylic acids is 3. The smallest absolute Gasteiger partial charge is 0.220 e. The maximum atomic E-state index is 11.6. The van der Waals surface area contributed by atoms with Crippen LogP contribution in [0.3, 0.4) is 0 Å². The fraction of sp³-hybridized carbons (Fsp3) is 0.786. The molecule has 0 aromatic carbocycles. The van der Waals surface area contributed by atoms with Gasteiger partial charge in [-0.25, -0.2) is 0 Å². The highest BCUT2D eigenvalue weighted by atomic mass is 16.2. The Morgan fingerprint density at radius 2 is 1.68 bits per heavy atom. The van der Waals surface area contributed by atoms with Gasteiger partial charge in [-0.2, -0.15) is 0 Å². The van der Waals surface area contributed by atoms with Crippen LogP contribution >= 0.6 is 0 Å². The van der Waals surface area contributed by atoms with E-state index in [2.05, 4.69) is 10.6 Å². The van der Waals surface area contributed by atoms with Crippen LogP contribution in [0.4, 0.5) is 0 Å². The molecule has 0 saturated carbocycles. The number of nitrogens with one attached hydrogen (secondary N) is 2. The highest BCUT2D eigenvalue weighted by Crippen LogP contribution is 2.06. The Morgan fingerprint density at radius 1 is 1.05 bits per heavy atom. The van der Waals surface area contributed by atoms with Crippen LogP contribution < -0.4 is 10.6 Å². The maximum absolute atomic E-state index is 11.6. The van der Waals surface area contributed by atoms with E-state index < -0.39 is 6.04 Å². The van der Waals surface area contributed by atoms with E-state index in [1.54, 1.807) is 13.8 Å². The van der Waals surface area contributed by atoms with Crippen molar-refractivity contribution in [3.8, 4) is 0 Å². The Hall–Kier alpha value is -1.23. The van der Waals surface area contributed by atoms with Crippen LogP contribution in [0.25, 0.3) is 0 Å². The summed E-state index contributed by atoms with van der Waals surface area (Å²) in [6, 6.07) is -0.440. The summed E-state index contributed by atoms with van der Waals surface area (Å²) in [6.45, 7) is 8.33. The fourth-order valence-corrected chi connectivity index (χ4v) is 1.63. The molecule has 5 heteroatoms. The van der Waals surface area contributed by atoms with E-state index in [1.165, 1.54) is 0 Å². The van der Waals surface area contributed by atoms with Crippen molar-refractivity contribution in [1.29, 1.82) is 0 Å². The Bertz CT molecular complexity index is 316. The molecule has 0 radical (unpaired) electrons. The number of ketones is 2. The summed E-state index contributed by atoms with van der Waals surface area (Å²) in [6.07, 6.45) is 1.21.